The Kier molecular flexibility index (Phi) is 3.29. The van der Waals surface area contributed by atoms with E-state index in [0.717, 1.165) is 12.2 Å². The predicted octanol–water partition coefficient (Wildman–Crippen LogP) is 3.20. The van der Waals surface area contributed by atoms with Crippen molar-refractivity contribution in [3.63, 3.8) is 0 Å². The van der Waals surface area contributed by atoms with E-state index < -0.39 is 0 Å². The lowest BCUT2D eigenvalue weighted by atomic mass is 9.64. The summed E-state index contributed by atoms with van der Waals surface area (Å²) >= 11 is 0. The molecule has 0 radical (unpaired) electrons. The van der Waals surface area contributed by atoms with Crippen LogP contribution in [-0.2, 0) is 4.79 Å². The van der Waals surface area contributed by atoms with Crippen LogP contribution in [0.4, 0.5) is 0 Å². The Labute approximate surface area is 81.2 Å². The van der Waals surface area contributed by atoms with E-state index in [1.54, 1.807) is 6.08 Å². The summed E-state index contributed by atoms with van der Waals surface area (Å²) in [6, 6.07) is 0. The minimum atomic E-state index is 0.372. The highest BCUT2D eigenvalue weighted by Gasteiger charge is 2.34. The molecular formula is C12H20O. The van der Waals surface area contributed by atoms with Gasteiger partial charge in [-0.25, -0.2) is 0 Å². The second-order valence-electron chi connectivity index (χ2n) is 4.90. The first-order valence-electron chi connectivity index (χ1n) is 5.20. The molecule has 1 heteroatoms. The number of carbonyl (C=O) groups is 1. The normalized spacial score (nSPS) is 33.5. The van der Waals surface area contributed by atoms with Gasteiger partial charge in [-0.05, 0) is 29.7 Å². The monoisotopic (exact) mass is 180 g/mol. The van der Waals surface area contributed by atoms with Crippen molar-refractivity contribution >= 4 is 6.29 Å². The topological polar surface area (TPSA) is 17.1 Å². The lowest BCUT2D eigenvalue weighted by molar-refractivity contribution is -0.104. The standard InChI is InChI=1S/C12H20O/c1-10-6-4-8-12(2,3)11(10)7-5-9-13/h5,7,9-11H,4,6,8H2,1-3H3/b7-5+/t10-,11?/m0/s1. The molecule has 0 aliphatic heterocycles. The molecular weight excluding hydrogens is 160 g/mol. The fourth-order valence-electron chi connectivity index (χ4n) is 2.61. The van der Waals surface area contributed by atoms with Crippen molar-refractivity contribution in [3.8, 4) is 0 Å². The zero-order valence-corrected chi connectivity index (χ0v) is 8.92. The maximum atomic E-state index is 10.3. The highest BCUT2D eigenvalue weighted by atomic mass is 16.1. The van der Waals surface area contributed by atoms with E-state index in [9.17, 15) is 4.79 Å². The van der Waals surface area contributed by atoms with Gasteiger partial charge in [-0.15, -0.1) is 0 Å². The fourth-order valence-corrected chi connectivity index (χ4v) is 2.61. The van der Waals surface area contributed by atoms with E-state index in [1.807, 2.05) is 0 Å². The smallest absolute Gasteiger partial charge is 0.142 e. The summed E-state index contributed by atoms with van der Waals surface area (Å²) < 4.78 is 0. The van der Waals surface area contributed by atoms with Gasteiger partial charge in [0.05, 0.1) is 0 Å². The highest BCUT2D eigenvalue weighted by Crippen LogP contribution is 2.44. The van der Waals surface area contributed by atoms with Crippen LogP contribution in [0.15, 0.2) is 12.2 Å². The fraction of sp³-hybridized carbons (Fsp3) is 0.750. The van der Waals surface area contributed by atoms with E-state index in [2.05, 4.69) is 26.8 Å². The van der Waals surface area contributed by atoms with Gasteiger partial charge in [0.1, 0.15) is 6.29 Å². The minimum Gasteiger partial charge on any atom is -0.299 e. The molecule has 2 atom stereocenters. The van der Waals surface area contributed by atoms with Crippen molar-refractivity contribution in [2.24, 2.45) is 17.3 Å². The lowest BCUT2D eigenvalue weighted by Gasteiger charge is -2.41. The largest absolute Gasteiger partial charge is 0.299 e. The van der Waals surface area contributed by atoms with Crippen LogP contribution in [0.5, 0.6) is 0 Å². The first-order valence-corrected chi connectivity index (χ1v) is 5.20. The Morgan fingerprint density at radius 2 is 2.08 bits per heavy atom. The molecule has 13 heavy (non-hydrogen) atoms. The van der Waals surface area contributed by atoms with E-state index in [1.165, 1.54) is 19.3 Å². The van der Waals surface area contributed by atoms with Gasteiger partial charge in [-0.3, -0.25) is 4.79 Å². The number of rotatable bonds is 2. The lowest BCUT2D eigenvalue weighted by Crippen LogP contribution is -2.32. The number of carbonyl (C=O) groups excluding carboxylic acids is 1. The summed E-state index contributed by atoms with van der Waals surface area (Å²) in [6.45, 7) is 6.91. The Bertz CT molecular complexity index is 203. The van der Waals surface area contributed by atoms with Crippen LogP contribution < -0.4 is 0 Å². The third-order valence-electron chi connectivity index (χ3n) is 3.39. The quantitative estimate of drug-likeness (QED) is 0.471. The average Bonchev–Trinajstić information content (AvgIpc) is 2.02. The van der Waals surface area contributed by atoms with Gasteiger partial charge >= 0.3 is 0 Å². The van der Waals surface area contributed by atoms with Gasteiger partial charge in [0.25, 0.3) is 0 Å². The van der Waals surface area contributed by atoms with Crippen LogP contribution in [0.25, 0.3) is 0 Å². The van der Waals surface area contributed by atoms with Gasteiger partial charge in [0.15, 0.2) is 0 Å². The number of allylic oxidation sites excluding steroid dienone is 2. The van der Waals surface area contributed by atoms with Gasteiger partial charge in [-0.1, -0.05) is 39.7 Å². The maximum Gasteiger partial charge on any atom is 0.142 e. The molecule has 1 unspecified atom stereocenters. The van der Waals surface area contributed by atoms with Crippen molar-refractivity contribution in [3.05, 3.63) is 12.2 Å². The van der Waals surface area contributed by atoms with Crippen LogP contribution in [0.3, 0.4) is 0 Å². The zero-order valence-electron chi connectivity index (χ0n) is 8.92. The second-order valence-corrected chi connectivity index (χ2v) is 4.90. The van der Waals surface area contributed by atoms with Crippen LogP contribution in [0.2, 0.25) is 0 Å². The van der Waals surface area contributed by atoms with Crippen LogP contribution in [0, 0.1) is 17.3 Å². The third-order valence-corrected chi connectivity index (χ3v) is 3.39. The van der Waals surface area contributed by atoms with Crippen molar-refractivity contribution in [2.75, 3.05) is 0 Å². The maximum absolute atomic E-state index is 10.3. The van der Waals surface area contributed by atoms with E-state index in [4.69, 9.17) is 0 Å². The molecule has 0 bridgehead atoms. The molecule has 1 rings (SSSR count). The van der Waals surface area contributed by atoms with Crippen molar-refractivity contribution in [2.45, 2.75) is 40.0 Å². The Morgan fingerprint density at radius 3 is 2.62 bits per heavy atom. The van der Waals surface area contributed by atoms with Crippen LogP contribution in [0.1, 0.15) is 40.0 Å². The number of hydrogen-bond donors (Lipinski definition) is 0. The Morgan fingerprint density at radius 1 is 1.38 bits per heavy atom. The van der Waals surface area contributed by atoms with Crippen molar-refractivity contribution in [1.82, 2.24) is 0 Å². The van der Waals surface area contributed by atoms with E-state index >= 15 is 0 Å². The van der Waals surface area contributed by atoms with Gasteiger partial charge in [0, 0.05) is 0 Å². The molecule has 0 aromatic heterocycles. The van der Waals surface area contributed by atoms with Gasteiger partial charge in [-0.2, -0.15) is 0 Å². The Balaban J connectivity index is 2.74. The SMILES string of the molecule is C[C@H]1CCCC(C)(C)C1/C=C/C=O. The zero-order chi connectivity index (χ0) is 9.90. The minimum absolute atomic E-state index is 0.372. The predicted molar refractivity (Wildman–Crippen MR) is 55.5 cm³/mol. The molecule has 0 aromatic carbocycles. The summed E-state index contributed by atoms with van der Waals surface area (Å²) in [5.41, 5.74) is 0.372. The number of hydrogen-bond acceptors (Lipinski definition) is 1. The molecule has 0 heterocycles. The Hall–Kier alpha value is -0.590. The molecule has 1 aliphatic carbocycles. The van der Waals surface area contributed by atoms with Gasteiger partial charge in [0.2, 0.25) is 0 Å². The molecule has 1 saturated carbocycles. The first kappa shape index (κ1) is 10.5. The molecule has 0 N–H and O–H groups in total. The summed E-state index contributed by atoms with van der Waals surface area (Å²) in [5.74, 6) is 1.30. The molecule has 1 fully saturated rings. The third kappa shape index (κ3) is 2.43. The molecule has 1 aliphatic rings. The van der Waals surface area contributed by atoms with Crippen LogP contribution >= 0.6 is 0 Å². The van der Waals surface area contributed by atoms with Crippen LogP contribution in [-0.4, -0.2) is 6.29 Å². The molecule has 74 valence electrons. The summed E-state index contributed by atoms with van der Waals surface area (Å²) in [5, 5.41) is 0. The van der Waals surface area contributed by atoms with Gasteiger partial charge < -0.3 is 0 Å². The molecule has 0 amide bonds. The molecule has 0 aromatic rings. The second kappa shape index (κ2) is 4.08. The molecule has 1 nitrogen and oxygen atoms in total. The summed E-state index contributed by atoms with van der Waals surface area (Å²) in [7, 11) is 0. The summed E-state index contributed by atoms with van der Waals surface area (Å²) in [4.78, 5) is 10.3. The molecule has 0 saturated heterocycles. The first-order chi connectivity index (χ1) is 6.08. The molecule has 0 spiro atoms. The van der Waals surface area contributed by atoms with Crippen molar-refractivity contribution < 1.29 is 4.79 Å². The number of aldehydes is 1. The van der Waals surface area contributed by atoms with E-state index in [-0.39, 0.29) is 0 Å². The van der Waals surface area contributed by atoms with Crippen molar-refractivity contribution in [1.29, 1.82) is 0 Å². The van der Waals surface area contributed by atoms with E-state index in [0.29, 0.717) is 11.3 Å². The highest BCUT2D eigenvalue weighted by molar-refractivity contribution is 5.64. The summed E-state index contributed by atoms with van der Waals surface area (Å²) in [6.07, 6.45) is 8.56. The average molecular weight is 180 g/mol.